The summed E-state index contributed by atoms with van der Waals surface area (Å²) in [4.78, 5) is 28.0. The molecule has 1 saturated heterocycles. The summed E-state index contributed by atoms with van der Waals surface area (Å²) in [6, 6.07) is 0. The van der Waals surface area contributed by atoms with Crippen molar-refractivity contribution in [2.45, 2.75) is 0 Å². The largest absolute Gasteiger partial charge is 0.434 e. The molecule has 0 N–H and O–H groups in total. The van der Waals surface area contributed by atoms with Crippen LogP contribution in [0.25, 0.3) is 0 Å². The summed E-state index contributed by atoms with van der Waals surface area (Å²) in [5, 5.41) is 33.9. The summed E-state index contributed by atoms with van der Waals surface area (Å²) in [5.41, 5.74) is 1.06. The monoisotopic (exact) mass is 390 g/mol. The van der Waals surface area contributed by atoms with E-state index in [0.717, 1.165) is 0 Å². The third-order valence-corrected chi connectivity index (χ3v) is 4.26. The zero-order valence-corrected chi connectivity index (χ0v) is 15.2. The van der Waals surface area contributed by atoms with Gasteiger partial charge < -0.3 is 20.2 Å². The van der Waals surface area contributed by atoms with Gasteiger partial charge in [-0.1, -0.05) is 9.97 Å². The van der Waals surface area contributed by atoms with E-state index in [9.17, 15) is 20.2 Å². The summed E-state index contributed by atoms with van der Waals surface area (Å²) in [7, 11) is 3.11. The molecular weight excluding hydrogens is 372 g/mol. The smallest absolute Gasteiger partial charge is 0.390 e. The first-order valence-electron chi connectivity index (χ1n) is 8.27. The Kier molecular flexibility index (Phi) is 5.28. The van der Waals surface area contributed by atoms with Gasteiger partial charge in [-0.25, -0.2) is 9.13 Å². The second-order valence-electron chi connectivity index (χ2n) is 5.99. The van der Waals surface area contributed by atoms with Gasteiger partial charge in [0.15, 0.2) is 11.4 Å². The average molecular weight is 390 g/mol. The highest BCUT2D eigenvalue weighted by molar-refractivity contribution is 5.77. The molecule has 0 aromatic carbocycles. The number of hydrogen-bond acceptors (Lipinski definition) is 10. The van der Waals surface area contributed by atoms with Crippen molar-refractivity contribution in [3.8, 4) is 0 Å². The first-order chi connectivity index (χ1) is 13.4. The number of hydrazone groups is 2. The van der Waals surface area contributed by atoms with Crippen LogP contribution >= 0.6 is 0 Å². The van der Waals surface area contributed by atoms with Crippen molar-refractivity contribution < 1.29 is 9.85 Å². The SMILES string of the molecule is Cn1c(/C=N/N2CCN(/N=C/c3cnc([N+](=O)[O-])n3C)CC2)cnc1[N+](=O)[O-]. The number of piperazine rings is 1. The Bertz CT molecular complexity index is 862. The van der Waals surface area contributed by atoms with Crippen LogP contribution in [0.15, 0.2) is 22.6 Å². The molecule has 28 heavy (non-hydrogen) atoms. The quantitative estimate of drug-likeness (QED) is 0.378. The van der Waals surface area contributed by atoms with Gasteiger partial charge in [0.25, 0.3) is 0 Å². The van der Waals surface area contributed by atoms with Crippen molar-refractivity contribution >= 4 is 24.3 Å². The molecule has 1 aliphatic heterocycles. The lowest BCUT2D eigenvalue weighted by atomic mass is 10.4. The fourth-order valence-electron chi connectivity index (χ4n) is 2.60. The van der Waals surface area contributed by atoms with Gasteiger partial charge >= 0.3 is 11.9 Å². The molecule has 2 aromatic rings. The Labute approximate surface area is 158 Å². The molecular formula is C14H18N10O4. The highest BCUT2D eigenvalue weighted by Gasteiger charge is 2.18. The molecule has 0 saturated carbocycles. The summed E-state index contributed by atoms with van der Waals surface area (Å²) in [6.45, 7) is 2.44. The van der Waals surface area contributed by atoms with E-state index in [1.807, 2.05) is 10.0 Å². The van der Waals surface area contributed by atoms with Crippen LogP contribution in [0.2, 0.25) is 0 Å². The maximum Gasteiger partial charge on any atom is 0.434 e. The summed E-state index contributed by atoms with van der Waals surface area (Å²) < 4.78 is 2.72. The summed E-state index contributed by atoms with van der Waals surface area (Å²) in [5.74, 6) is -0.480. The lowest BCUT2D eigenvalue weighted by molar-refractivity contribution is -0.396. The average Bonchev–Trinajstić information content (AvgIpc) is 3.22. The number of imidazole rings is 2. The third kappa shape index (κ3) is 3.94. The fraction of sp³-hybridized carbons (Fsp3) is 0.429. The van der Waals surface area contributed by atoms with Crippen molar-refractivity contribution in [1.82, 2.24) is 29.1 Å². The normalized spacial score (nSPS) is 15.1. The van der Waals surface area contributed by atoms with E-state index in [2.05, 4.69) is 20.2 Å². The second-order valence-corrected chi connectivity index (χ2v) is 5.99. The van der Waals surface area contributed by atoms with Crippen molar-refractivity contribution in [2.75, 3.05) is 26.2 Å². The van der Waals surface area contributed by atoms with Crippen molar-refractivity contribution in [3.63, 3.8) is 0 Å². The Balaban J connectivity index is 1.55. The van der Waals surface area contributed by atoms with E-state index in [1.165, 1.54) is 34.0 Å². The molecule has 0 amide bonds. The van der Waals surface area contributed by atoms with Crippen LogP contribution in [-0.4, -0.2) is 77.6 Å². The predicted octanol–water partition coefficient (Wildman–Crippen LogP) is -0.0444. The minimum absolute atomic E-state index is 0.240. The highest BCUT2D eigenvalue weighted by atomic mass is 16.6. The van der Waals surface area contributed by atoms with Gasteiger partial charge in [-0.05, 0) is 9.85 Å². The standard InChI is InChI=1S/C14H18N10O4/c1-19-11(7-15-13(19)23(25)26)9-17-21-3-5-22(6-4-21)18-10-12-8-16-14(20(12)2)24(27)28/h7-10H,3-6H2,1-2H3/b17-9+,18-10+. The van der Waals surface area contributed by atoms with Crippen LogP contribution in [0, 0.1) is 20.2 Å². The van der Waals surface area contributed by atoms with Crippen LogP contribution in [0.5, 0.6) is 0 Å². The zero-order valence-electron chi connectivity index (χ0n) is 15.2. The molecule has 0 bridgehead atoms. The van der Waals surface area contributed by atoms with Crippen LogP contribution in [0.1, 0.15) is 11.4 Å². The first kappa shape index (κ1) is 18.9. The van der Waals surface area contributed by atoms with E-state index < -0.39 is 9.85 Å². The lowest BCUT2D eigenvalue weighted by Crippen LogP contribution is -2.41. The lowest BCUT2D eigenvalue weighted by Gasteiger charge is -2.30. The van der Waals surface area contributed by atoms with Gasteiger partial charge in [-0.15, -0.1) is 0 Å². The first-order valence-corrected chi connectivity index (χ1v) is 8.27. The van der Waals surface area contributed by atoms with E-state index in [4.69, 9.17) is 0 Å². The minimum atomic E-state index is -0.551. The van der Waals surface area contributed by atoms with E-state index >= 15 is 0 Å². The molecule has 1 aliphatic rings. The van der Waals surface area contributed by atoms with Crippen LogP contribution in [-0.2, 0) is 14.1 Å². The molecule has 0 atom stereocenters. The number of hydrogen-bond donors (Lipinski definition) is 0. The molecule has 14 heteroatoms. The van der Waals surface area contributed by atoms with Gasteiger partial charge in [-0.3, -0.25) is 10.0 Å². The second kappa shape index (κ2) is 7.81. The van der Waals surface area contributed by atoms with Crippen LogP contribution < -0.4 is 0 Å². The molecule has 0 radical (unpaired) electrons. The third-order valence-electron chi connectivity index (χ3n) is 4.26. The molecule has 1 fully saturated rings. The van der Waals surface area contributed by atoms with Crippen LogP contribution in [0.3, 0.4) is 0 Å². The number of rotatable bonds is 6. The zero-order chi connectivity index (χ0) is 20.3. The minimum Gasteiger partial charge on any atom is -0.390 e. The highest BCUT2D eigenvalue weighted by Crippen LogP contribution is 2.11. The summed E-state index contributed by atoms with van der Waals surface area (Å²) in [6.07, 6.45) is 5.87. The molecule has 0 unspecified atom stereocenters. The topological polar surface area (TPSA) is 153 Å². The molecule has 14 nitrogen and oxygen atoms in total. The van der Waals surface area contributed by atoms with Crippen molar-refractivity contribution in [2.24, 2.45) is 24.3 Å². The molecule has 0 aliphatic carbocycles. The molecule has 148 valence electrons. The van der Waals surface area contributed by atoms with E-state index in [0.29, 0.717) is 37.6 Å². The molecule has 2 aromatic heterocycles. The maximum absolute atomic E-state index is 10.8. The Morgan fingerprint density at radius 2 is 1.21 bits per heavy atom. The van der Waals surface area contributed by atoms with Gasteiger partial charge in [-0.2, -0.15) is 10.2 Å². The van der Waals surface area contributed by atoms with E-state index in [-0.39, 0.29) is 11.9 Å². The maximum atomic E-state index is 10.8. The summed E-state index contributed by atoms with van der Waals surface area (Å²) >= 11 is 0. The van der Waals surface area contributed by atoms with Gasteiger partial charge in [0.05, 0.1) is 52.7 Å². The number of nitro groups is 2. The molecule has 3 heterocycles. The van der Waals surface area contributed by atoms with Crippen molar-refractivity contribution in [1.29, 1.82) is 0 Å². The number of nitrogens with zero attached hydrogens (tertiary/aromatic N) is 10. The van der Waals surface area contributed by atoms with Gasteiger partial charge in [0.1, 0.15) is 12.4 Å². The van der Waals surface area contributed by atoms with Gasteiger partial charge in [0.2, 0.25) is 0 Å². The number of aromatic nitrogens is 4. The molecule has 0 spiro atoms. The molecule has 3 rings (SSSR count). The van der Waals surface area contributed by atoms with E-state index in [1.54, 1.807) is 14.1 Å². The predicted molar refractivity (Wildman–Crippen MR) is 98.1 cm³/mol. The fourth-order valence-corrected chi connectivity index (χ4v) is 2.60. The Morgan fingerprint density at radius 1 is 0.857 bits per heavy atom. The Hall–Kier alpha value is -3.84. The van der Waals surface area contributed by atoms with Crippen LogP contribution in [0.4, 0.5) is 11.9 Å². The van der Waals surface area contributed by atoms with Gasteiger partial charge in [0, 0.05) is 0 Å². The van der Waals surface area contributed by atoms with Crippen molar-refractivity contribution in [3.05, 3.63) is 44.0 Å². The Morgan fingerprint density at radius 3 is 1.50 bits per heavy atom.